The topological polar surface area (TPSA) is 107 Å². The molecule has 0 spiro atoms. The summed E-state index contributed by atoms with van der Waals surface area (Å²) in [5, 5.41) is 8.50. The number of hydrogen-bond acceptors (Lipinski definition) is 5. The predicted molar refractivity (Wildman–Crippen MR) is 102 cm³/mol. The van der Waals surface area contributed by atoms with Crippen molar-refractivity contribution in [3.05, 3.63) is 0 Å². The van der Waals surface area contributed by atoms with Crippen molar-refractivity contribution in [1.82, 2.24) is 0 Å². The average molecular weight is 410 g/mol. The van der Waals surface area contributed by atoms with Gasteiger partial charge in [-0.1, -0.05) is 58.3 Å². The Morgan fingerprint density at radius 2 is 1.36 bits per heavy atom. The molecule has 8 heteroatoms. The first-order chi connectivity index (χ1) is 11.0. The molecular formula is C17H33K2NO5. The number of unbranched alkanes of at least 4 members (excludes halogenated alkanes) is 8. The van der Waals surface area contributed by atoms with Crippen molar-refractivity contribution >= 4 is 121 Å². The zero-order valence-electron chi connectivity index (χ0n) is 14.2. The molecule has 0 aliphatic heterocycles. The molecule has 0 aromatic carbocycles. The zero-order valence-corrected chi connectivity index (χ0v) is 14.2. The summed E-state index contributed by atoms with van der Waals surface area (Å²) in [6, 6.07) is -1.06. The third-order valence-electron chi connectivity index (χ3n) is 3.67. The molecule has 25 heavy (non-hydrogen) atoms. The summed E-state index contributed by atoms with van der Waals surface area (Å²) in [6.45, 7) is 2.20. The summed E-state index contributed by atoms with van der Waals surface area (Å²) in [5.74, 6) is -2.45. The van der Waals surface area contributed by atoms with E-state index >= 15 is 0 Å². The molecule has 0 aromatic heterocycles. The Morgan fingerprint density at radius 1 is 0.880 bits per heavy atom. The first-order valence-electron chi connectivity index (χ1n) is 8.69. The molecule has 0 amide bonds. The average Bonchev–Trinajstić information content (AvgIpc) is 2.50. The van der Waals surface area contributed by atoms with Crippen LogP contribution in [0, 0.1) is 0 Å². The van der Waals surface area contributed by atoms with E-state index in [4.69, 9.17) is 10.8 Å². The van der Waals surface area contributed by atoms with Gasteiger partial charge in [0.2, 0.25) is 0 Å². The van der Waals surface area contributed by atoms with Crippen molar-refractivity contribution in [3.63, 3.8) is 0 Å². The molecule has 0 aromatic rings. The van der Waals surface area contributed by atoms with E-state index in [2.05, 4.69) is 11.7 Å². The fraction of sp³-hybridized carbons (Fsp3) is 0.824. The van der Waals surface area contributed by atoms with Crippen LogP contribution in [0.1, 0.15) is 84.0 Å². The van der Waals surface area contributed by atoms with E-state index in [1.54, 1.807) is 0 Å². The van der Waals surface area contributed by atoms with Gasteiger partial charge in [0.05, 0.1) is 0 Å². The Labute approximate surface area is 236 Å². The van der Waals surface area contributed by atoms with Crippen molar-refractivity contribution in [2.45, 2.75) is 90.0 Å². The van der Waals surface area contributed by atoms with Gasteiger partial charge in [-0.05, 0) is 12.8 Å². The Kier molecular flexibility index (Phi) is 27.9. The molecule has 6 nitrogen and oxygen atoms in total. The molecule has 1 unspecified atom stereocenters. The number of carbonyl (C=O) groups is 3. The van der Waals surface area contributed by atoms with Gasteiger partial charge in [-0.15, -0.1) is 0 Å². The second kappa shape index (κ2) is 22.1. The van der Waals surface area contributed by atoms with Gasteiger partial charge >= 0.3 is 121 Å². The van der Waals surface area contributed by atoms with Crippen LogP contribution < -0.4 is 5.73 Å². The Hall–Kier alpha value is 1.84. The summed E-state index contributed by atoms with van der Waals surface area (Å²) in [5.41, 5.74) is 5.47. The number of carbonyl (C=O) groups excluding carboxylic acids is 2. The standard InChI is InChI=1S/C17H31NO5.2K.2H/c1-2-3-4-5-6-7-8-9-10-11-16(21)23-17(22)14(18)12-13-15(19)20;;;;/h14H,2-13,18H2,1H3,(H,19,20);;;;. The van der Waals surface area contributed by atoms with Crippen molar-refractivity contribution in [3.8, 4) is 0 Å². The maximum atomic E-state index is 11.5. The molecular weight excluding hydrogens is 376 g/mol. The van der Waals surface area contributed by atoms with Crippen LogP contribution in [-0.2, 0) is 19.1 Å². The molecule has 0 rings (SSSR count). The molecule has 0 aliphatic rings. The van der Waals surface area contributed by atoms with E-state index in [-0.39, 0.29) is 122 Å². The minimum atomic E-state index is -1.06. The van der Waals surface area contributed by atoms with Gasteiger partial charge in [0.15, 0.2) is 0 Å². The van der Waals surface area contributed by atoms with Crippen LogP contribution in [0.15, 0.2) is 0 Å². The van der Waals surface area contributed by atoms with E-state index in [1.807, 2.05) is 0 Å². The molecule has 0 heterocycles. The molecule has 1 atom stereocenters. The first-order valence-corrected chi connectivity index (χ1v) is 8.69. The van der Waals surface area contributed by atoms with E-state index in [0.29, 0.717) is 6.42 Å². The van der Waals surface area contributed by atoms with Crippen LogP contribution in [0.3, 0.4) is 0 Å². The number of esters is 2. The van der Waals surface area contributed by atoms with E-state index in [1.165, 1.54) is 38.5 Å². The molecule has 0 bridgehead atoms. The molecule has 0 fully saturated rings. The van der Waals surface area contributed by atoms with E-state index in [9.17, 15) is 14.4 Å². The third kappa shape index (κ3) is 22.0. The molecule has 0 radical (unpaired) electrons. The monoisotopic (exact) mass is 409 g/mol. The van der Waals surface area contributed by atoms with Gasteiger partial charge < -0.3 is 15.6 Å². The summed E-state index contributed by atoms with van der Waals surface area (Å²) in [4.78, 5) is 33.3. The molecule has 0 saturated heterocycles. The van der Waals surface area contributed by atoms with E-state index in [0.717, 1.165) is 12.8 Å². The second-order valence-electron chi connectivity index (χ2n) is 5.91. The quantitative estimate of drug-likeness (QED) is 0.196. The van der Waals surface area contributed by atoms with Crippen molar-refractivity contribution in [1.29, 1.82) is 0 Å². The van der Waals surface area contributed by atoms with E-state index < -0.39 is 23.9 Å². The molecule has 138 valence electrons. The SMILES string of the molecule is CCCCCCCCCCCC(=O)OC(=O)C(N)CCC(=O)O.[KH].[KH]. The Morgan fingerprint density at radius 3 is 1.84 bits per heavy atom. The number of carboxylic acid groups (broad SMARTS) is 1. The van der Waals surface area contributed by atoms with Crippen LogP contribution in [0.4, 0.5) is 0 Å². The number of nitrogens with two attached hydrogens (primary N) is 1. The Balaban J connectivity index is -0.00000242. The fourth-order valence-electron chi connectivity index (χ4n) is 2.22. The van der Waals surface area contributed by atoms with Crippen molar-refractivity contribution in [2.24, 2.45) is 5.73 Å². The van der Waals surface area contributed by atoms with Gasteiger partial charge in [0.1, 0.15) is 6.04 Å². The number of carboxylic acids is 1. The van der Waals surface area contributed by atoms with Crippen molar-refractivity contribution < 1.29 is 24.2 Å². The van der Waals surface area contributed by atoms with Crippen molar-refractivity contribution in [2.75, 3.05) is 0 Å². The van der Waals surface area contributed by atoms with Crippen LogP contribution in [0.5, 0.6) is 0 Å². The zero-order chi connectivity index (χ0) is 17.5. The predicted octanol–water partition coefficient (Wildman–Crippen LogP) is 1.87. The number of rotatable bonds is 14. The maximum absolute atomic E-state index is 11.5. The van der Waals surface area contributed by atoms with Gasteiger partial charge in [-0.3, -0.25) is 9.59 Å². The first kappa shape index (κ1) is 31.5. The summed E-state index contributed by atoms with van der Waals surface area (Å²) < 4.78 is 4.62. The van der Waals surface area contributed by atoms with Crippen LogP contribution in [0.2, 0.25) is 0 Å². The summed E-state index contributed by atoms with van der Waals surface area (Å²) in [6.07, 6.45) is 10.2. The molecule has 0 aliphatic carbocycles. The minimum absolute atomic E-state index is 0. The number of ether oxygens (including phenoxy) is 1. The summed E-state index contributed by atoms with van der Waals surface area (Å²) >= 11 is 0. The van der Waals surface area contributed by atoms with Gasteiger partial charge in [-0.25, -0.2) is 4.79 Å². The summed E-state index contributed by atoms with van der Waals surface area (Å²) in [7, 11) is 0. The molecule has 0 saturated carbocycles. The van der Waals surface area contributed by atoms with Gasteiger partial charge in [0, 0.05) is 12.8 Å². The Bertz CT molecular complexity index is 367. The fourth-order valence-corrected chi connectivity index (χ4v) is 2.22. The van der Waals surface area contributed by atoms with Gasteiger partial charge in [0.25, 0.3) is 0 Å². The second-order valence-corrected chi connectivity index (χ2v) is 5.91. The molecule has 3 N–H and O–H groups in total. The van der Waals surface area contributed by atoms with Crippen LogP contribution >= 0.6 is 0 Å². The van der Waals surface area contributed by atoms with Crippen LogP contribution in [0.25, 0.3) is 0 Å². The number of aliphatic carboxylic acids is 1. The normalized spacial score (nSPS) is 11.0. The van der Waals surface area contributed by atoms with Gasteiger partial charge in [-0.2, -0.15) is 0 Å². The number of hydrogen-bond donors (Lipinski definition) is 2. The van der Waals surface area contributed by atoms with Crippen LogP contribution in [-0.4, -0.2) is 132 Å². The third-order valence-corrected chi connectivity index (χ3v) is 3.67.